The van der Waals surface area contributed by atoms with Gasteiger partial charge < -0.3 is 5.48 Å². The summed E-state index contributed by atoms with van der Waals surface area (Å²) >= 11 is 7.56. The van der Waals surface area contributed by atoms with Crippen LogP contribution in [0.5, 0.6) is 0 Å². The second-order valence-electron chi connectivity index (χ2n) is 0.192. The minimum absolute atomic E-state index is 0. The van der Waals surface area contributed by atoms with E-state index in [-0.39, 0.29) is 5.48 Å². The van der Waals surface area contributed by atoms with Gasteiger partial charge in [-0.25, -0.2) is 0 Å². The first-order valence-corrected chi connectivity index (χ1v) is 29.8. The third kappa shape index (κ3) is 19.4. The van der Waals surface area contributed by atoms with Gasteiger partial charge in [0.1, 0.15) is 0 Å². The SMILES string of the molecule is O.[I][Bi]([I])[I]. The fraction of sp³-hybridized carbons (Fsp3) is 0. The van der Waals surface area contributed by atoms with Crippen molar-refractivity contribution in [2.45, 2.75) is 0 Å². The van der Waals surface area contributed by atoms with E-state index in [9.17, 15) is 0 Å². The molecule has 34 valence electrons. The van der Waals surface area contributed by atoms with Gasteiger partial charge in [-0.05, 0) is 0 Å². The molecular weight excluding hydrogens is 606 g/mol. The van der Waals surface area contributed by atoms with Gasteiger partial charge in [-0.2, -0.15) is 0 Å². The summed E-state index contributed by atoms with van der Waals surface area (Å²) in [4.78, 5) is 0. The van der Waals surface area contributed by atoms with Crippen LogP contribution >= 0.6 is 54.1 Å². The van der Waals surface area contributed by atoms with Gasteiger partial charge in [0, 0.05) is 0 Å². The first-order valence-electron chi connectivity index (χ1n) is 0.507. The molecule has 0 heterocycles. The molecule has 0 aliphatic rings. The van der Waals surface area contributed by atoms with Gasteiger partial charge in [0.25, 0.3) is 0 Å². The molecule has 0 atom stereocenters. The zero-order chi connectivity index (χ0) is 3.58. The molecule has 0 aliphatic heterocycles. The Morgan fingerprint density at radius 1 is 1.00 bits per heavy atom. The molecule has 0 rings (SSSR count). The van der Waals surface area contributed by atoms with Crippen LogP contribution in [0.25, 0.3) is 0 Å². The van der Waals surface area contributed by atoms with Gasteiger partial charge in [0.15, 0.2) is 0 Å². The van der Waals surface area contributed by atoms with Crippen LogP contribution in [0.3, 0.4) is 0 Å². The summed E-state index contributed by atoms with van der Waals surface area (Å²) in [6, 6.07) is 0. The number of rotatable bonds is 0. The first-order chi connectivity index (χ1) is 1.73. The molecule has 0 spiro atoms. The third-order valence-corrected chi connectivity index (χ3v) is 0. The van der Waals surface area contributed by atoms with Crippen molar-refractivity contribution in [1.29, 1.82) is 0 Å². The predicted octanol–water partition coefficient (Wildman–Crippen LogP) is 1.45. The molecule has 0 aromatic heterocycles. The maximum absolute atomic E-state index is 2.52. The van der Waals surface area contributed by atoms with Gasteiger partial charge >= 0.3 is 63.3 Å². The van der Waals surface area contributed by atoms with Crippen LogP contribution in [0, 0.1) is 0 Å². The molecule has 0 aromatic carbocycles. The molecule has 1 nitrogen and oxygen atoms in total. The molecule has 5 heavy (non-hydrogen) atoms. The molecule has 0 radical (unpaired) electrons. The summed E-state index contributed by atoms with van der Waals surface area (Å²) in [5.41, 5.74) is 0. The molecular formula is H2BiI3O. The summed E-state index contributed by atoms with van der Waals surface area (Å²) in [6.45, 7) is 0. The van der Waals surface area contributed by atoms with E-state index in [2.05, 4.69) is 54.1 Å². The van der Waals surface area contributed by atoms with Crippen molar-refractivity contribution in [1.82, 2.24) is 0 Å². The molecule has 0 unspecified atom stereocenters. The number of hydrogen-bond acceptors (Lipinski definition) is 0. The van der Waals surface area contributed by atoms with Crippen LogP contribution in [-0.4, -0.2) is 14.7 Å². The van der Waals surface area contributed by atoms with Crippen molar-refractivity contribution in [3.05, 3.63) is 0 Å². The second kappa shape index (κ2) is 7.03. The van der Waals surface area contributed by atoms with Crippen molar-refractivity contribution in [3.8, 4) is 0 Å². The van der Waals surface area contributed by atoms with E-state index in [1.165, 1.54) is 0 Å². The maximum atomic E-state index is 2.52. The van der Waals surface area contributed by atoms with Gasteiger partial charge in [-0.3, -0.25) is 0 Å². The van der Waals surface area contributed by atoms with Gasteiger partial charge in [0.2, 0.25) is 0 Å². The number of hydrogen-bond donors (Lipinski definition) is 0. The molecule has 0 saturated heterocycles. The molecule has 0 aliphatic carbocycles. The Bertz CT molecular complexity index is 11.6. The Kier molecular flexibility index (Phi) is 15.4. The van der Waals surface area contributed by atoms with Crippen molar-refractivity contribution in [2.24, 2.45) is 0 Å². The fourth-order valence-electron chi connectivity index (χ4n) is 0. The summed E-state index contributed by atoms with van der Waals surface area (Å²) in [6.07, 6.45) is 0. The summed E-state index contributed by atoms with van der Waals surface area (Å²) < 4.78 is 0. The van der Waals surface area contributed by atoms with Crippen LogP contribution in [0.1, 0.15) is 0 Å². The average molecular weight is 608 g/mol. The van der Waals surface area contributed by atoms with E-state index in [0.717, 1.165) is 0 Å². The Balaban J connectivity index is 0. The number of halogens is 3. The monoisotopic (exact) mass is 608 g/mol. The predicted molar refractivity (Wildman–Crippen MR) is 51.4 cm³/mol. The topological polar surface area (TPSA) is 31.5 Å². The molecule has 0 saturated carbocycles. The molecule has 0 aromatic rings. The van der Waals surface area contributed by atoms with E-state index in [1.54, 1.807) is 0 Å². The van der Waals surface area contributed by atoms with Crippen molar-refractivity contribution < 1.29 is 5.48 Å². The Labute approximate surface area is 66.7 Å². The third-order valence-electron chi connectivity index (χ3n) is 0. The van der Waals surface area contributed by atoms with Gasteiger partial charge in [0.05, 0.1) is 0 Å². The average Bonchev–Trinajstić information content (AvgIpc) is 0.811. The Morgan fingerprint density at radius 3 is 1.00 bits per heavy atom. The molecule has 0 bridgehead atoms. The van der Waals surface area contributed by atoms with Gasteiger partial charge in [-0.15, -0.1) is 0 Å². The summed E-state index contributed by atoms with van der Waals surface area (Å²) in [7, 11) is -0.683. The summed E-state index contributed by atoms with van der Waals surface area (Å²) in [5, 5.41) is 0. The van der Waals surface area contributed by atoms with Gasteiger partial charge in [-0.1, -0.05) is 0 Å². The zero-order valence-electron chi connectivity index (χ0n) is 2.08. The molecule has 2 N–H and O–H groups in total. The van der Waals surface area contributed by atoms with E-state index in [1.807, 2.05) is 0 Å². The molecule has 5 heteroatoms. The van der Waals surface area contributed by atoms with Crippen LogP contribution in [0.15, 0.2) is 0 Å². The van der Waals surface area contributed by atoms with Crippen LogP contribution in [-0.2, 0) is 0 Å². The second-order valence-corrected chi connectivity index (χ2v) is 75.7. The van der Waals surface area contributed by atoms with E-state index in [0.29, 0.717) is 0 Å². The Morgan fingerprint density at radius 2 is 1.00 bits per heavy atom. The Hall–Kier alpha value is 3.03. The van der Waals surface area contributed by atoms with Crippen LogP contribution in [0.2, 0.25) is 0 Å². The van der Waals surface area contributed by atoms with Crippen molar-refractivity contribution in [2.75, 3.05) is 0 Å². The minimum atomic E-state index is -0.683. The summed E-state index contributed by atoms with van der Waals surface area (Å²) in [5.74, 6) is 0. The van der Waals surface area contributed by atoms with E-state index in [4.69, 9.17) is 0 Å². The van der Waals surface area contributed by atoms with Crippen molar-refractivity contribution in [3.63, 3.8) is 0 Å². The van der Waals surface area contributed by atoms with Crippen LogP contribution in [0.4, 0.5) is 0 Å². The first kappa shape index (κ1) is 10.9. The zero-order valence-corrected chi connectivity index (χ0v) is 12.0. The molecule has 0 amide bonds. The fourth-order valence-corrected chi connectivity index (χ4v) is 0. The van der Waals surface area contributed by atoms with E-state index < -0.39 is 9.18 Å². The normalized spacial score (nSPS) is 7.20. The van der Waals surface area contributed by atoms with Crippen LogP contribution < -0.4 is 0 Å². The standard InChI is InChI=1S/Bi.3HI.H2O/h;3*1H;1H2/q+3;;;;/p-3. The molecule has 0 fully saturated rings. The van der Waals surface area contributed by atoms with E-state index >= 15 is 0 Å². The quantitative estimate of drug-likeness (QED) is 0.295. The van der Waals surface area contributed by atoms with Crippen molar-refractivity contribution >= 4 is 63.3 Å².